The smallest absolute Gasteiger partial charge is 0.325 e. The van der Waals surface area contributed by atoms with Crippen molar-refractivity contribution in [2.24, 2.45) is 0 Å². The lowest BCUT2D eigenvalue weighted by molar-refractivity contribution is -0.131. The fraction of sp³-hybridized carbons (Fsp3) is 0.160. The van der Waals surface area contributed by atoms with Crippen LogP contribution in [0, 0.1) is 11.3 Å². The Morgan fingerprint density at radius 3 is 2.32 bits per heavy atom. The SMILES string of the molecule is COc1ccc(C2(C)NC(=O)N(Cc3ccc(-c4ccccc4C#N)cc3)C2=O)cc1. The number of imide groups is 1. The molecule has 0 saturated carbocycles. The minimum atomic E-state index is -1.13. The molecule has 3 aromatic carbocycles. The van der Waals surface area contributed by atoms with Crippen LogP contribution in [0.2, 0.25) is 0 Å². The normalized spacial score (nSPS) is 17.9. The van der Waals surface area contributed by atoms with Gasteiger partial charge in [0.15, 0.2) is 0 Å². The highest BCUT2D eigenvalue weighted by molar-refractivity contribution is 6.07. The number of hydrogen-bond acceptors (Lipinski definition) is 4. The van der Waals surface area contributed by atoms with Gasteiger partial charge in [-0.15, -0.1) is 0 Å². The van der Waals surface area contributed by atoms with Gasteiger partial charge in [0.1, 0.15) is 11.3 Å². The predicted molar refractivity (Wildman–Crippen MR) is 116 cm³/mol. The maximum absolute atomic E-state index is 13.1. The summed E-state index contributed by atoms with van der Waals surface area (Å²) < 4.78 is 5.17. The maximum atomic E-state index is 13.1. The van der Waals surface area contributed by atoms with Crippen molar-refractivity contribution in [1.82, 2.24) is 10.2 Å². The van der Waals surface area contributed by atoms with Crippen molar-refractivity contribution in [3.63, 3.8) is 0 Å². The number of nitrogens with zero attached hydrogens (tertiary/aromatic N) is 2. The van der Waals surface area contributed by atoms with Gasteiger partial charge in [-0.1, -0.05) is 54.6 Å². The molecule has 0 spiro atoms. The van der Waals surface area contributed by atoms with Crippen LogP contribution < -0.4 is 10.1 Å². The van der Waals surface area contributed by atoms with E-state index in [4.69, 9.17) is 4.74 Å². The first kappa shape index (κ1) is 20.2. The quantitative estimate of drug-likeness (QED) is 0.638. The molecule has 1 aliphatic heterocycles. The van der Waals surface area contributed by atoms with Gasteiger partial charge in [0.2, 0.25) is 0 Å². The molecule has 1 atom stereocenters. The number of hydrogen-bond donors (Lipinski definition) is 1. The molecule has 0 bridgehead atoms. The molecule has 1 saturated heterocycles. The molecule has 4 rings (SSSR count). The fourth-order valence-corrected chi connectivity index (χ4v) is 3.77. The first-order valence-electron chi connectivity index (χ1n) is 9.83. The highest BCUT2D eigenvalue weighted by Crippen LogP contribution is 2.31. The Morgan fingerprint density at radius 2 is 1.68 bits per heavy atom. The molecule has 0 aromatic heterocycles. The van der Waals surface area contributed by atoms with Crippen molar-refractivity contribution in [1.29, 1.82) is 5.26 Å². The molecule has 6 nitrogen and oxygen atoms in total. The highest BCUT2D eigenvalue weighted by Gasteiger charge is 2.48. The molecule has 0 radical (unpaired) electrons. The maximum Gasteiger partial charge on any atom is 0.325 e. The second-order valence-corrected chi connectivity index (χ2v) is 7.53. The van der Waals surface area contributed by atoms with Gasteiger partial charge in [-0.05, 0) is 47.4 Å². The Kier molecular flexibility index (Phi) is 5.18. The summed E-state index contributed by atoms with van der Waals surface area (Å²) in [7, 11) is 1.57. The van der Waals surface area contributed by atoms with Gasteiger partial charge in [-0.2, -0.15) is 5.26 Å². The van der Waals surface area contributed by atoms with Crippen LogP contribution in [-0.4, -0.2) is 23.9 Å². The summed E-state index contributed by atoms with van der Waals surface area (Å²) in [5.74, 6) is 0.376. The fourth-order valence-electron chi connectivity index (χ4n) is 3.77. The summed E-state index contributed by atoms with van der Waals surface area (Å²) in [6, 6.07) is 23.8. The first-order chi connectivity index (χ1) is 15.0. The number of carbonyl (C=O) groups excluding carboxylic acids is 2. The topological polar surface area (TPSA) is 82.4 Å². The lowest BCUT2D eigenvalue weighted by Crippen LogP contribution is -2.40. The van der Waals surface area contributed by atoms with E-state index < -0.39 is 11.6 Å². The van der Waals surface area contributed by atoms with Gasteiger partial charge in [0.25, 0.3) is 5.91 Å². The van der Waals surface area contributed by atoms with E-state index >= 15 is 0 Å². The lowest BCUT2D eigenvalue weighted by Gasteiger charge is -2.22. The molecule has 3 amide bonds. The highest BCUT2D eigenvalue weighted by atomic mass is 16.5. The first-order valence-corrected chi connectivity index (χ1v) is 9.83. The number of methoxy groups -OCH3 is 1. The molecule has 1 fully saturated rings. The van der Waals surface area contributed by atoms with E-state index in [1.54, 1.807) is 44.4 Å². The minimum absolute atomic E-state index is 0.163. The molecule has 6 heteroatoms. The Balaban J connectivity index is 1.55. The van der Waals surface area contributed by atoms with Crippen LogP contribution in [-0.2, 0) is 16.9 Å². The second kappa shape index (κ2) is 7.96. The number of nitrogens with one attached hydrogen (secondary N) is 1. The van der Waals surface area contributed by atoms with E-state index in [0.717, 1.165) is 16.7 Å². The Morgan fingerprint density at radius 1 is 1.00 bits per heavy atom. The van der Waals surface area contributed by atoms with Crippen LogP contribution in [0.25, 0.3) is 11.1 Å². The summed E-state index contributed by atoms with van der Waals surface area (Å²) in [6.07, 6.45) is 0. The summed E-state index contributed by atoms with van der Waals surface area (Å²) in [4.78, 5) is 27.0. The molecule has 3 aromatic rings. The third-order valence-electron chi connectivity index (χ3n) is 5.60. The van der Waals surface area contributed by atoms with Crippen molar-refractivity contribution in [3.05, 3.63) is 89.5 Å². The average molecular weight is 411 g/mol. The molecular weight excluding hydrogens is 390 g/mol. The van der Waals surface area contributed by atoms with Crippen LogP contribution in [0.5, 0.6) is 5.75 Å². The van der Waals surface area contributed by atoms with Crippen LogP contribution in [0.1, 0.15) is 23.6 Å². The molecule has 154 valence electrons. The van der Waals surface area contributed by atoms with Crippen molar-refractivity contribution < 1.29 is 14.3 Å². The zero-order valence-electron chi connectivity index (χ0n) is 17.3. The van der Waals surface area contributed by atoms with Gasteiger partial charge < -0.3 is 10.1 Å². The van der Waals surface area contributed by atoms with Gasteiger partial charge in [0.05, 0.1) is 25.3 Å². The summed E-state index contributed by atoms with van der Waals surface area (Å²) >= 11 is 0. The zero-order chi connectivity index (χ0) is 22.0. The largest absolute Gasteiger partial charge is 0.497 e. The van der Waals surface area contributed by atoms with Gasteiger partial charge in [0, 0.05) is 0 Å². The van der Waals surface area contributed by atoms with Crippen LogP contribution >= 0.6 is 0 Å². The number of nitriles is 1. The van der Waals surface area contributed by atoms with E-state index in [2.05, 4.69) is 11.4 Å². The third kappa shape index (κ3) is 3.62. The van der Waals surface area contributed by atoms with Crippen molar-refractivity contribution in [3.8, 4) is 22.9 Å². The number of urea groups is 1. The van der Waals surface area contributed by atoms with Crippen LogP contribution in [0.15, 0.2) is 72.8 Å². The standard InChI is InChI=1S/C25H21N3O3/c1-25(20-11-13-21(31-2)14-12-20)23(29)28(24(30)27-25)16-17-7-9-18(10-8-17)22-6-4-3-5-19(22)15-26/h3-14H,16H2,1-2H3,(H,27,30). The monoisotopic (exact) mass is 411 g/mol. The summed E-state index contributed by atoms with van der Waals surface area (Å²) in [5, 5.41) is 12.1. The number of ether oxygens (including phenoxy) is 1. The Hall–Kier alpha value is -4.11. The number of rotatable bonds is 5. The number of benzene rings is 3. The van der Waals surface area contributed by atoms with Crippen LogP contribution in [0.3, 0.4) is 0 Å². The summed E-state index contributed by atoms with van der Waals surface area (Å²) in [5.41, 5.74) is 2.73. The number of amides is 3. The van der Waals surface area contributed by atoms with Crippen molar-refractivity contribution in [2.75, 3.05) is 7.11 Å². The van der Waals surface area contributed by atoms with Crippen molar-refractivity contribution >= 4 is 11.9 Å². The van der Waals surface area contributed by atoms with Crippen molar-refractivity contribution in [2.45, 2.75) is 19.0 Å². The van der Waals surface area contributed by atoms with Gasteiger partial charge in [-0.25, -0.2) is 4.79 Å². The second-order valence-electron chi connectivity index (χ2n) is 7.53. The third-order valence-corrected chi connectivity index (χ3v) is 5.60. The molecule has 31 heavy (non-hydrogen) atoms. The predicted octanol–water partition coefficient (Wildman–Crippen LogP) is 4.20. The molecule has 1 aliphatic rings. The Labute approximate surface area is 180 Å². The van der Waals surface area contributed by atoms with E-state index in [0.29, 0.717) is 16.9 Å². The zero-order valence-corrected chi connectivity index (χ0v) is 17.3. The molecule has 0 aliphatic carbocycles. The average Bonchev–Trinajstić information content (AvgIpc) is 3.03. The van der Waals surface area contributed by atoms with Gasteiger partial charge >= 0.3 is 6.03 Å². The van der Waals surface area contributed by atoms with Crippen LogP contribution in [0.4, 0.5) is 4.79 Å². The minimum Gasteiger partial charge on any atom is -0.497 e. The van der Waals surface area contributed by atoms with E-state index in [1.165, 1.54) is 4.90 Å². The van der Waals surface area contributed by atoms with Gasteiger partial charge in [-0.3, -0.25) is 9.69 Å². The summed E-state index contributed by atoms with van der Waals surface area (Å²) in [6.45, 7) is 1.87. The molecular formula is C25H21N3O3. The lowest BCUT2D eigenvalue weighted by atomic mass is 9.92. The van der Waals surface area contributed by atoms with E-state index in [-0.39, 0.29) is 12.5 Å². The Bertz CT molecular complexity index is 1180. The number of carbonyl (C=O) groups is 2. The van der Waals surface area contributed by atoms with E-state index in [9.17, 15) is 14.9 Å². The molecule has 1 heterocycles. The molecule has 1 unspecified atom stereocenters. The van der Waals surface area contributed by atoms with E-state index in [1.807, 2.05) is 42.5 Å². The molecule has 1 N–H and O–H groups in total.